The Balaban J connectivity index is 1.57. The molecule has 0 saturated heterocycles. The summed E-state index contributed by atoms with van der Waals surface area (Å²) in [7, 11) is 1.64. The van der Waals surface area contributed by atoms with E-state index in [4.69, 9.17) is 14.2 Å². The van der Waals surface area contributed by atoms with Crippen LogP contribution in [0.25, 0.3) is 6.08 Å². The largest absolute Gasteiger partial charge is 0.497 e. The minimum absolute atomic E-state index is 0.127. The highest BCUT2D eigenvalue weighted by Gasteiger charge is 2.30. The molecule has 5 heteroatoms. The Kier molecular flexibility index (Phi) is 5.41. The summed E-state index contributed by atoms with van der Waals surface area (Å²) < 4.78 is 18.1. The highest BCUT2D eigenvalue weighted by atomic mass is 79.9. The van der Waals surface area contributed by atoms with Gasteiger partial charge in [-0.2, -0.15) is 0 Å². The maximum atomic E-state index is 12.8. The second-order valence-electron chi connectivity index (χ2n) is 6.67. The third-order valence-corrected chi connectivity index (χ3v) is 5.48. The van der Waals surface area contributed by atoms with Gasteiger partial charge in [-0.3, -0.25) is 4.79 Å². The standard InChI is InChI=1S/C24H19BrO4/c1-15-21(28-14-16-6-5-8-18(12-16)27-2)11-10-19-23(26)22(29-24(15)19)13-17-7-3-4-9-20(17)25/h3-13H,14H2,1-2H3/b22-13-. The number of Topliss-reactive ketones (excluding diaryl/α,β-unsaturated/α-hetero) is 1. The summed E-state index contributed by atoms with van der Waals surface area (Å²) in [5, 5.41) is 0. The quantitative estimate of drug-likeness (QED) is 0.449. The molecule has 0 amide bonds. The fraction of sp³-hybridized carbons (Fsp3) is 0.125. The van der Waals surface area contributed by atoms with Crippen molar-refractivity contribution in [3.8, 4) is 17.2 Å². The Bertz CT molecular complexity index is 1120. The maximum absolute atomic E-state index is 12.8. The van der Waals surface area contributed by atoms with Gasteiger partial charge in [0.25, 0.3) is 0 Å². The highest BCUT2D eigenvalue weighted by molar-refractivity contribution is 9.10. The number of methoxy groups -OCH3 is 1. The lowest BCUT2D eigenvalue weighted by Crippen LogP contribution is -1.99. The molecule has 1 aliphatic heterocycles. The summed E-state index contributed by atoms with van der Waals surface area (Å²) in [5.41, 5.74) is 3.23. The van der Waals surface area contributed by atoms with Crippen LogP contribution >= 0.6 is 15.9 Å². The van der Waals surface area contributed by atoms with Gasteiger partial charge in [-0.05, 0) is 54.5 Å². The zero-order valence-corrected chi connectivity index (χ0v) is 17.7. The molecular formula is C24H19BrO4. The van der Waals surface area contributed by atoms with Crippen molar-refractivity contribution in [2.75, 3.05) is 7.11 Å². The van der Waals surface area contributed by atoms with E-state index in [-0.39, 0.29) is 5.78 Å². The van der Waals surface area contributed by atoms with Crippen molar-refractivity contribution in [1.82, 2.24) is 0 Å². The minimum Gasteiger partial charge on any atom is -0.497 e. The Morgan fingerprint density at radius 1 is 1.07 bits per heavy atom. The van der Waals surface area contributed by atoms with E-state index >= 15 is 0 Å². The van der Waals surface area contributed by atoms with Crippen LogP contribution in [0.5, 0.6) is 17.2 Å². The van der Waals surface area contributed by atoms with Gasteiger partial charge in [0.2, 0.25) is 5.78 Å². The smallest absolute Gasteiger partial charge is 0.231 e. The minimum atomic E-state index is -0.127. The van der Waals surface area contributed by atoms with Gasteiger partial charge in [0.15, 0.2) is 5.76 Å². The zero-order valence-electron chi connectivity index (χ0n) is 16.1. The third-order valence-electron chi connectivity index (χ3n) is 4.76. The number of ketones is 1. The van der Waals surface area contributed by atoms with Crippen LogP contribution in [-0.2, 0) is 6.61 Å². The molecule has 0 aromatic heterocycles. The number of rotatable bonds is 5. The number of ether oxygens (including phenoxy) is 3. The van der Waals surface area contributed by atoms with Gasteiger partial charge in [0, 0.05) is 10.0 Å². The molecule has 29 heavy (non-hydrogen) atoms. The number of carbonyl (C=O) groups is 1. The number of halogens is 1. The number of hydrogen-bond donors (Lipinski definition) is 0. The number of carbonyl (C=O) groups excluding carboxylic acids is 1. The van der Waals surface area contributed by atoms with Crippen LogP contribution in [0.2, 0.25) is 0 Å². The molecule has 4 nitrogen and oxygen atoms in total. The lowest BCUT2D eigenvalue weighted by Gasteiger charge is -2.12. The summed E-state index contributed by atoms with van der Waals surface area (Å²) in [6, 6.07) is 19.0. The van der Waals surface area contributed by atoms with Gasteiger partial charge < -0.3 is 14.2 Å². The van der Waals surface area contributed by atoms with E-state index in [0.717, 1.165) is 26.9 Å². The summed E-state index contributed by atoms with van der Waals surface area (Å²) in [6.07, 6.45) is 1.75. The Labute approximate surface area is 177 Å². The molecule has 0 fully saturated rings. The Hall–Kier alpha value is -3.05. The Morgan fingerprint density at radius 2 is 1.90 bits per heavy atom. The molecule has 0 bridgehead atoms. The van der Waals surface area contributed by atoms with Gasteiger partial charge in [0.05, 0.1) is 12.7 Å². The molecule has 3 aromatic carbocycles. The molecule has 4 rings (SSSR count). The molecule has 0 saturated carbocycles. The first-order valence-corrected chi connectivity index (χ1v) is 9.94. The van der Waals surface area contributed by atoms with E-state index in [2.05, 4.69) is 15.9 Å². The predicted octanol–water partition coefficient (Wildman–Crippen LogP) is 5.96. The molecule has 1 aliphatic rings. The first-order valence-electron chi connectivity index (χ1n) is 9.15. The lowest BCUT2D eigenvalue weighted by molar-refractivity contribution is 0.101. The fourth-order valence-electron chi connectivity index (χ4n) is 3.18. The van der Waals surface area contributed by atoms with Crippen LogP contribution in [0.15, 0.2) is 70.9 Å². The fourth-order valence-corrected chi connectivity index (χ4v) is 3.58. The van der Waals surface area contributed by atoms with Gasteiger partial charge >= 0.3 is 0 Å². The molecule has 3 aromatic rings. The number of benzene rings is 3. The molecule has 1 heterocycles. The van der Waals surface area contributed by atoms with Gasteiger partial charge in [0.1, 0.15) is 23.9 Å². The molecule has 0 radical (unpaired) electrons. The van der Waals surface area contributed by atoms with Crippen molar-refractivity contribution >= 4 is 27.8 Å². The SMILES string of the molecule is COc1cccc(COc2ccc3c(c2C)O/C(=C\c2ccccc2Br)C3=O)c1. The van der Waals surface area contributed by atoms with Crippen molar-refractivity contribution in [1.29, 1.82) is 0 Å². The molecule has 0 aliphatic carbocycles. The van der Waals surface area contributed by atoms with Crippen molar-refractivity contribution < 1.29 is 19.0 Å². The van der Waals surface area contributed by atoms with Crippen LogP contribution in [0.1, 0.15) is 27.0 Å². The maximum Gasteiger partial charge on any atom is 0.231 e. The monoisotopic (exact) mass is 450 g/mol. The molecule has 0 spiro atoms. The third kappa shape index (κ3) is 3.91. The van der Waals surface area contributed by atoms with Crippen molar-refractivity contribution in [2.45, 2.75) is 13.5 Å². The van der Waals surface area contributed by atoms with Crippen LogP contribution < -0.4 is 14.2 Å². The first kappa shape index (κ1) is 19.3. The highest BCUT2D eigenvalue weighted by Crippen LogP contribution is 2.39. The van der Waals surface area contributed by atoms with Gasteiger partial charge in [-0.15, -0.1) is 0 Å². The van der Waals surface area contributed by atoms with Crippen molar-refractivity contribution in [3.63, 3.8) is 0 Å². The normalized spacial score (nSPS) is 13.9. The van der Waals surface area contributed by atoms with E-state index in [1.54, 1.807) is 19.3 Å². The van der Waals surface area contributed by atoms with Crippen LogP contribution in [0.3, 0.4) is 0 Å². The number of hydrogen-bond acceptors (Lipinski definition) is 4. The van der Waals surface area contributed by atoms with E-state index in [0.29, 0.717) is 29.4 Å². The molecule has 0 N–H and O–H groups in total. The predicted molar refractivity (Wildman–Crippen MR) is 116 cm³/mol. The first-order chi connectivity index (χ1) is 14.1. The number of allylic oxidation sites excluding steroid dienone is 1. The van der Waals surface area contributed by atoms with E-state index in [1.807, 2.05) is 61.5 Å². The van der Waals surface area contributed by atoms with Crippen molar-refractivity contribution in [2.24, 2.45) is 0 Å². The van der Waals surface area contributed by atoms with E-state index < -0.39 is 0 Å². The van der Waals surface area contributed by atoms with Gasteiger partial charge in [-0.1, -0.05) is 46.3 Å². The lowest BCUT2D eigenvalue weighted by atomic mass is 10.1. The zero-order chi connectivity index (χ0) is 20.4. The summed E-state index contributed by atoms with van der Waals surface area (Å²) in [4.78, 5) is 12.8. The summed E-state index contributed by atoms with van der Waals surface area (Å²) in [6.45, 7) is 2.29. The molecule has 146 valence electrons. The summed E-state index contributed by atoms with van der Waals surface area (Å²) >= 11 is 3.50. The average molecular weight is 451 g/mol. The second kappa shape index (κ2) is 8.13. The van der Waals surface area contributed by atoms with Crippen LogP contribution in [-0.4, -0.2) is 12.9 Å². The van der Waals surface area contributed by atoms with Crippen LogP contribution in [0.4, 0.5) is 0 Å². The van der Waals surface area contributed by atoms with Crippen molar-refractivity contribution in [3.05, 3.63) is 93.1 Å². The second-order valence-corrected chi connectivity index (χ2v) is 7.52. The average Bonchev–Trinajstić information content (AvgIpc) is 3.06. The number of fused-ring (bicyclic) bond motifs is 1. The Morgan fingerprint density at radius 3 is 2.69 bits per heavy atom. The molecule has 0 atom stereocenters. The van der Waals surface area contributed by atoms with E-state index in [1.165, 1.54) is 0 Å². The molecular weight excluding hydrogens is 432 g/mol. The summed E-state index contributed by atoms with van der Waals surface area (Å²) in [5.74, 6) is 2.20. The van der Waals surface area contributed by atoms with E-state index in [9.17, 15) is 4.79 Å². The van der Waals surface area contributed by atoms with Gasteiger partial charge in [-0.25, -0.2) is 0 Å². The topological polar surface area (TPSA) is 44.8 Å². The molecule has 0 unspecified atom stereocenters. The van der Waals surface area contributed by atoms with Crippen LogP contribution in [0, 0.1) is 6.92 Å².